The molecule has 8 heteroatoms. The zero-order valence-electron chi connectivity index (χ0n) is 8.03. The highest BCUT2D eigenvalue weighted by molar-refractivity contribution is 8.36. The standard InChI is InChI=1S/C7H14S8/c8-2-12-7(13-3-9)11-1-6-14-4-10-5-15-6/h6-9H,1-5H2. The highest BCUT2D eigenvalue weighted by Crippen LogP contribution is 2.41. The molecule has 0 bridgehead atoms. The van der Waals surface area contributed by atoms with E-state index in [0.29, 0.717) is 3.91 Å². The molecule has 1 saturated heterocycles. The first-order chi connectivity index (χ1) is 7.36. The van der Waals surface area contributed by atoms with E-state index >= 15 is 0 Å². The lowest BCUT2D eigenvalue weighted by molar-refractivity contribution is 1.44. The summed E-state index contributed by atoms with van der Waals surface area (Å²) in [6, 6.07) is 0. The van der Waals surface area contributed by atoms with Gasteiger partial charge in [-0.3, -0.25) is 0 Å². The second-order valence-corrected chi connectivity index (χ2v) is 12.5. The molecule has 0 spiro atoms. The van der Waals surface area contributed by atoms with E-state index in [1.54, 1.807) is 0 Å². The van der Waals surface area contributed by atoms with E-state index in [0.717, 1.165) is 14.8 Å². The Bertz CT molecular complexity index is 142. The van der Waals surface area contributed by atoms with Crippen molar-refractivity contribution < 1.29 is 0 Å². The molecule has 0 aromatic rings. The van der Waals surface area contributed by atoms with E-state index < -0.39 is 0 Å². The largest absolute Gasteiger partial charge is 0.168 e. The van der Waals surface area contributed by atoms with Crippen LogP contribution in [0.15, 0.2) is 0 Å². The SMILES string of the molecule is SCSC(SCS)SCC1SCSCS1. The van der Waals surface area contributed by atoms with Crippen molar-refractivity contribution in [3.8, 4) is 0 Å². The maximum absolute atomic E-state index is 4.27. The molecule has 15 heavy (non-hydrogen) atoms. The van der Waals surface area contributed by atoms with Gasteiger partial charge >= 0.3 is 0 Å². The van der Waals surface area contributed by atoms with Gasteiger partial charge in [0.25, 0.3) is 0 Å². The van der Waals surface area contributed by atoms with Crippen LogP contribution < -0.4 is 0 Å². The minimum atomic E-state index is 0.607. The lowest BCUT2D eigenvalue weighted by atomic mass is 10.9. The fraction of sp³-hybridized carbons (Fsp3) is 1.00. The van der Waals surface area contributed by atoms with Crippen molar-refractivity contribution in [1.82, 2.24) is 0 Å². The Morgan fingerprint density at radius 1 is 1.07 bits per heavy atom. The summed E-state index contributed by atoms with van der Waals surface area (Å²) < 4.78 is 1.40. The van der Waals surface area contributed by atoms with Crippen molar-refractivity contribution in [2.24, 2.45) is 0 Å². The number of rotatable bonds is 7. The summed E-state index contributed by atoms with van der Waals surface area (Å²) >= 11 is 20.6. The minimum Gasteiger partial charge on any atom is -0.168 e. The van der Waals surface area contributed by atoms with Gasteiger partial charge in [-0.05, 0) is 0 Å². The van der Waals surface area contributed by atoms with Gasteiger partial charge in [-0.25, -0.2) is 0 Å². The maximum Gasteiger partial charge on any atom is 0.0972 e. The van der Waals surface area contributed by atoms with Crippen LogP contribution in [0.25, 0.3) is 0 Å². The van der Waals surface area contributed by atoms with Gasteiger partial charge in [0.2, 0.25) is 0 Å². The van der Waals surface area contributed by atoms with Gasteiger partial charge in [0.05, 0.1) is 8.50 Å². The molecule has 90 valence electrons. The smallest absolute Gasteiger partial charge is 0.0972 e. The first kappa shape index (κ1) is 15.9. The highest BCUT2D eigenvalue weighted by Gasteiger charge is 2.17. The van der Waals surface area contributed by atoms with Crippen LogP contribution in [-0.4, -0.2) is 34.6 Å². The molecule has 0 saturated carbocycles. The van der Waals surface area contributed by atoms with E-state index in [4.69, 9.17) is 0 Å². The molecule has 0 unspecified atom stereocenters. The van der Waals surface area contributed by atoms with Crippen molar-refractivity contribution in [3.05, 3.63) is 0 Å². The van der Waals surface area contributed by atoms with Crippen LogP contribution in [-0.2, 0) is 0 Å². The van der Waals surface area contributed by atoms with Crippen LogP contribution in [0.4, 0.5) is 0 Å². The van der Waals surface area contributed by atoms with Crippen LogP contribution in [0.2, 0.25) is 0 Å². The summed E-state index contributed by atoms with van der Waals surface area (Å²) in [6.07, 6.45) is 0. The molecule has 0 aliphatic carbocycles. The van der Waals surface area contributed by atoms with Gasteiger partial charge < -0.3 is 0 Å². The Hall–Kier alpha value is 2.80. The van der Waals surface area contributed by atoms with Gasteiger partial charge in [0.15, 0.2) is 0 Å². The number of hydrogen-bond donors (Lipinski definition) is 2. The van der Waals surface area contributed by atoms with Crippen molar-refractivity contribution in [2.75, 3.05) is 26.1 Å². The van der Waals surface area contributed by atoms with Crippen molar-refractivity contribution in [1.29, 1.82) is 0 Å². The monoisotopic (exact) mass is 354 g/mol. The van der Waals surface area contributed by atoms with Crippen LogP contribution >= 0.6 is 95.8 Å². The third-order valence-corrected chi connectivity index (χ3v) is 11.2. The first-order valence-corrected chi connectivity index (χ1v) is 11.9. The normalized spacial score (nSPS) is 18.6. The summed E-state index contributed by atoms with van der Waals surface area (Å²) in [7, 11) is 0. The Morgan fingerprint density at radius 2 is 1.67 bits per heavy atom. The second-order valence-electron chi connectivity index (χ2n) is 2.42. The molecule has 0 amide bonds. The van der Waals surface area contributed by atoms with Gasteiger partial charge in [-0.15, -0.1) is 70.6 Å². The van der Waals surface area contributed by atoms with Crippen molar-refractivity contribution in [2.45, 2.75) is 8.50 Å². The Morgan fingerprint density at radius 3 is 2.20 bits per heavy atom. The summed E-state index contributed by atoms with van der Waals surface area (Å²) in [4.78, 5) is 0. The van der Waals surface area contributed by atoms with Crippen LogP contribution in [0, 0.1) is 0 Å². The third kappa shape index (κ3) is 7.74. The Balaban J connectivity index is 2.13. The van der Waals surface area contributed by atoms with Gasteiger partial charge in [0.1, 0.15) is 0 Å². The zero-order chi connectivity index (χ0) is 10.9. The molecule has 0 nitrogen and oxygen atoms in total. The molecule has 1 heterocycles. The Kier molecular flexibility index (Phi) is 11.3. The molecule has 0 radical (unpaired) electrons. The number of hydrogen-bond acceptors (Lipinski definition) is 8. The molecule has 0 atom stereocenters. The molecule has 0 aromatic carbocycles. The average molecular weight is 355 g/mol. The molecule has 0 N–H and O–H groups in total. The van der Waals surface area contributed by atoms with Crippen LogP contribution in [0.5, 0.6) is 0 Å². The van der Waals surface area contributed by atoms with Gasteiger partial charge in [0, 0.05) is 26.1 Å². The third-order valence-electron chi connectivity index (χ3n) is 1.46. The average Bonchev–Trinajstić information content (AvgIpc) is 2.28. The van der Waals surface area contributed by atoms with Crippen molar-refractivity contribution >= 4 is 95.8 Å². The fourth-order valence-corrected chi connectivity index (χ4v) is 11.4. The summed E-state index contributed by atoms with van der Waals surface area (Å²) in [5.41, 5.74) is 0. The topological polar surface area (TPSA) is 0 Å². The lowest BCUT2D eigenvalue weighted by Crippen LogP contribution is -2.08. The molecular weight excluding hydrogens is 341 g/mol. The van der Waals surface area contributed by atoms with E-state index in [9.17, 15) is 0 Å². The summed E-state index contributed by atoms with van der Waals surface area (Å²) in [6.45, 7) is 0. The molecule has 0 aromatic heterocycles. The highest BCUT2D eigenvalue weighted by atomic mass is 32.3. The first-order valence-electron chi connectivity index (χ1n) is 4.24. The Labute approximate surface area is 129 Å². The summed E-state index contributed by atoms with van der Waals surface area (Å²) in [5, 5.41) is 4.34. The molecular formula is C7H14S8. The lowest BCUT2D eigenvalue weighted by Gasteiger charge is -2.22. The van der Waals surface area contributed by atoms with Gasteiger partial charge in [-0.1, -0.05) is 0 Å². The molecule has 1 fully saturated rings. The molecule has 1 rings (SSSR count). The van der Waals surface area contributed by atoms with Crippen LogP contribution in [0.1, 0.15) is 0 Å². The second kappa shape index (κ2) is 10.7. The van der Waals surface area contributed by atoms with E-state index in [-0.39, 0.29) is 0 Å². The van der Waals surface area contributed by atoms with Crippen molar-refractivity contribution in [3.63, 3.8) is 0 Å². The molecule has 1 aliphatic heterocycles. The zero-order valence-corrected chi connectivity index (χ0v) is 14.7. The van der Waals surface area contributed by atoms with Crippen LogP contribution in [0.3, 0.4) is 0 Å². The molecule has 1 aliphatic rings. The summed E-state index contributed by atoms with van der Waals surface area (Å²) in [5.74, 6) is 1.25. The maximum atomic E-state index is 4.27. The quantitative estimate of drug-likeness (QED) is 0.499. The van der Waals surface area contributed by atoms with Gasteiger partial charge in [-0.2, -0.15) is 25.3 Å². The predicted molar refractivity (Wildman–Crippen MR) is 95.4 cm³/mol. The fourth-order valence-electron chi connectivity index (χ4n) is 0.850. The van der Waals surface area contributed by atoms with E-state index in [1.807, 2.05) is 35.3 Å². The van der Waals surface area contributed by atoms with E-state index in [1.165, 1.54) is 15.9 Å². The van der Waals surface area contributed by atoms with E-state index in [2.05, 4.69) is 60.5 Å². The number of thioether (sulfide) groups is 6. The minimum absolute atomic E-state index is 0.607. The predicted octanol–water partition coefficient (Wildman–Crippen LogP) is 4.70. The number of thiol groups is 2.